The van der Waals surface area contributed by atoms with E-state index in [2.05, 4.69) is 0 Å². The molecular weight excluding hydrogens is 144 g/mol. The highest BCUT2D eigenvalue weighted by molar-refractivity contribution is 6.32. The second kappa shape index (κ2) is 2.66. The van der Waals surface area contributed by atoms with Crippen LogP contribution in [-0.4, -0.2) is 21.3 Å². The standard InChI is InChI=1S/C7H8O2Si/c8-7(9)5-2-1-3-6(10)4-5/h1-4H,10H3,(H,8,9). The molecule has 1 aromatic carbocycles. The summed E-state index contributed by atoms with van der Waals surface area (Å²) in [6, 6.07) is 7.00. The number of hydrogen-bond donors (Lipinski definition) is 1. The Morgan fingerprint density at radius 3 is 2.60 bits per heavy atom. The van der Waals surface area contributed by atoms with Crippen molar-refractivity contribution in [3.8, 4) is 0 Å². The van der Waals surface area contributed by atoms with Crippen LogP contribution in [0, 0.1) is 0 Å². The van der Waals surface area contributed by atoms with E-state index in [0.717, 1.165) is 15.4 Å². The molecule has 0 amide bonds. The minimum Gasteiger partial charge on any atom is -0.478 e. The monoisotopic (exact) mass is 152 g/mol. The first-order valence-electron chi connectivity index (χ1n) is 3.00. The number of hydrogen-bond acceptors (Lipinski definition) is 1. The van der Waals surface area contributed by atoms with Crippen LogP contribution in [0.2, 0.25) is 0 Å². The lowest BCUT2D eigenvalue weighted by atomic mass is 10.2. The van der Waals surface area contributed by atoms with Crippen LogP contribution in [0.3, 0.4) is 0 Å². The molecule has 3 heteroatoms. The van der Waals surface area contributed by atoms with Crippen LogP contribution < -0.4 is 5.19 Å². The molecule has 0 aliphatic carbocycles. The van der Waals surface area contributed by atoms with Gasteiger partial charge in [0.05, 0.1) is 5.56 Å². The predicted molar refractivity (Wildman–Crippen MR) is 43.0 cm³/mol. The third-order valence-electron chi connectivity index (χ3n) is 1.27. The molecule has 2 nitrogen and oxygen atoms in total. The molecule has 10 heavy (non-hydrogen) atoms. The normalized spacial score (nSPS) is 9.60. The molecule has 0 bridgehead atoms. The van der Waals surface area contributed by atoms with Gasteiger partial charge in [-0.1, -0.05) is 17.3 Å². The molecule has 0 aliphatic heterocycles. The second-order valence-electron chi connectivity index (χ2n) is 2.17. The molecule has 1 aromatic rings. The molecule has 0 heterocycles. The van der Waals surface area contributed by atoms with Crippen LogP contribution in [0.1, 0.15) is 10.4 Å². The Labute approximate surface area is 61.9 Å². The maximum absolute atomic E-state index is 10.4. The van der Waals surface area contributed by atoms with E-state index in [9.17, 15) is 4.79 Å². The lowest BCUT2D eigenvalue weighted by Crippen LogP contribution is -2.05. The van der Waals surface area contributed by atoms with E-state index in [1.165, 1.54) is 0 Å². The minimum absolute atomic E-state index is 0.382. The van der Waals surface area contributed by atoms with Crippen LogP contribution in [0.4, 0.5) is 0 Å². The quantitative estimate of drug-likeness (QED) is 0.544. The lowest BCUT2D eigenvalue weighted by molar-refractivity contribution is 0.0697. The Hall–Kier alpha value is -1.09. The lowest BCUT2D eigenvalue weighted by Gasteiger charge is -1.93. The number of rotatable bonds is 1. The predicted octanol–water partition coefficient (Wildman–Crippen LogP) is -0.625. The average molecular weight is 152 g/mol. The van der Waals surface area contributed by atoms with Crippen molar-refractivity contribution in [3.63, 3.8) is 0 Å². The maximum atomic E-state index is 10.4. The molecule has 0 atom stereocenters. The van der Waals surface area contributed by atoms with Gasteiger partial charge in [0.2, 0.25) is 0 Å². The van der Waals surface area contributed by atoms with Gasteiger partial charge in [-0.3, -0.25) is 0 Å². The summed E-state index contributed by atoms with van der Waals surface area (Å²) in [6.07, 6.45) is 0. The van der Waals surface area contributed by atoms with Gasteiger partial charge in [-0.05, 0) is 12.1 Å². The van der Waals surface area contributed by atoms with E-state index in [0.29, 0.717) is 5.56 Å². The molecule has 0 saturated heterocycles. The number of carboxylic acids is 1. The molecule has 0 radical (unpaired) electrons. The van der Waals surface area contributed by atoms with Crippen molar-refractivity contribution >= 4 is 21.4 Å². The largest absolute Gasteiger partial charge is 0.478 e. The van der Waals surface area contributed by atoms with Gasteiger partial charge in [0, 0.05) is 10.2 Å². The van der Waals surface area contributed by atoms with E-state index in [4.69, 9.17) is 5.11 Å². The Morgan fingerprint density at radius 2 is 2.20 bits per heavy atom. The number of carbonyl (C=O) groups is 1. The number of aromatic carboxylic acids is 1. The Kier molecular flexibility index (Phi) is 1.87. The smallest absolute Gasteiger partial charge is 0.335 e. The van der Waals surface area contributed by atoms with Crippen LogP contribution >= 0.6 is 0 Å². The van der Waals surface area contributed by atoms with Crippen molar-refractivity contribution in [1.82, 2.24) is 0 Å². The summed E-state index contributed by atoms with van der Waals surface area (Å²) in [5.41, 5.74) is 0.382. The molecule has 52 valence electrons. The Morgan fingerprint density at radius 1 is 1.50 bits per heavy atom. The third-order valence-corrected chi connectivity index (χ3v) is 1.89. The summed E-state index contributed by atoms with van der Waals surface area (Å²) in [5, 5.41) is 9.64. The summed E-state index contributed by atoms with van der Waals surface area (Å²) < 4.78 is 0. The molecule has 0 fully saturated rings. The minimum atomic E-state index is -0.849. The van der Waals surface area contributed by atoms with Crippen LogP contribution in [-0.2, 0) is 0 Å². The van der Waals surface area contributed by atoms with Gasteiger partial charge in [0.15, 0.2) is 0 Å². The molecule has 1 rings (SSSR count). The number of carboxylic acid groups (broad SMARTS) is 1. The van der Waals surface area contributed by atoms with Crippen molar-refractivity contribution < 1.29 is 9.90 Å². The first kappa shape index (κ1) is 7.02. The average Bonchev–Trinajstić information content (AvgIpc) is 1.88. The van der Waals surface area contributed by atoms with E-state index < -0.39 is 5.97 Å². The highest BCUT2D eigenvalue weighted by Gasteiger charge is 1.99. The highest BCUT2D eigenvalue weighted by Crippen LogP contribution is 1.94. The van der Waals surface area contributed by atoms with Gasteiger partial charge in [0.1, 0.15) is 0 Å². The fraction of sp³-hybridized carbons (Fsp3) is 0. The molecule has 0 saturated carbocycles. The van der Waals surface area contributed by atoms with E-state index in [1.807, 2.05) is 6.07 Å². The first-order chi connectivity index (χ1) is 4.70. The summed E-state index contributed by atoms with van der Waals surface area (Å²) >= 11 is 0. The van der Waals surface area contributed by atoms with Gasteiger partial charge >= 0.3 is 5.97 Å². The summed E-state index contributed by atoms with van der Waals surface area (Å²) in [5.74, 6) is -0.849. The maximum Gasteiger partial charge on any atom is 0.335 e. The first-order valence-corrected chi connectivity index (χ1v) is 4.00. The zero-order chi connectivity index (χ0) is 7.56. The summed E-state index contributed by atoms with van der Waals surface area (Å²) in [4.78, 5) is 10.4. The van der Waals surface area contributed by atoms with Crippen molar-refractivity contribution in [2.45, 2.75) is 0 Å². The zero-order valence-electron chi connectivity index (χ0n) is 5.66. The van der Waals surface area contributed by atoms with Crippen molar-refractivity contribution in [2.75, 3.05) is 0 Å². The highest BCUT2D eigenvalue weighted by atomic mass is 28.1. The van der Waals surface area contributed by atoms with E-state index in [1.54, 1.807) is 18.2 Å². The van der Waals surface area contributed by atoms with Gasteiger partial charge in [-0.25, -0.2) is 4.79 Å². The van der Waals surface area contributed by atoms with Gasteiger partial charge in [-0.15, -0.1) is 0 Å². The van der Waals surface area contributed by atoms with Gasteiger partial charge in [0.25, 0.3) is 0 Å². The summed E-state index contributed by atoms with van der Waals surface area (Å²) in [7, 11) is 0.905. The third kappa shape index (κ3) is 1.45. The molecule has 0 spiro atoms. The van der Waals surface area contributed by atoms with Gasteiger partial charge < -0.3 is 5.11 Å². The number of benzene rings is 1. The molecule has 0 aliphatic rings. The Balaban J connectivity index is 3.07. The molecule has 0 aromatic heterocycles. The van der Waals surface area contributed by atoms with Crippen molar-refractivity contribution in [3.05, 3.63) is 29.8 Å². The fourth-order valence-corrected chi connectivity index (χ4v) is 1.28. The van der Waals surface area contributed by atoms with Crippen molar-refractivity contribution in [1.29, 1.82) is 0 Å². The SMILES string of the molecule is O=C(O)c1cccc([SiH3])c1. The molecular formula is C7H8O2Si. The summed E-state index contributed by atoms with van der Waals surface area (Å²) in [6.45, 7) is 0. The van der Waals surface area contributed by atoms with Crippen LogP contribution in [0.25, 0.3) is 0 Å². The van der Waals surface area contributed by atoms with Crippen LogP contribution in [0.15, 0.2) is 24.3 Å². The molecule has 0 unspecified atom stereocenters. The van der Waals surface area contributed by atoms with Crippen LogP contribution in [0.5, 0.6) is 0 Å². The topological polar surface area (TPSA) is 37.3 Å². The van der Waals surface area contributed by atoms with Crippen molar-refractivity contribution in [2.24, 2.45) is 0 Å². The zero-order valence-corrected chi connectivity index (χ0v) is 7.66. The second-order valence-corrected chi connectivity index (χ2v) is 3.33. The van der Waals surface area contributed by atoms with E-state index in [-0.39, 0.29) is 0 Å². The van der Waals surface area contributed by atoms with Gasteiger partial charge in [-0.2, -0.15) is 0 Å². The Bertz CT molecular complexity index is 258. The fourth-order valence-electron chi connectivity index (χ4n) is 0.778. The van der Waals surface area contributed by atoms with E-state index >= 15 is 0 Å². The molecule has 1 N–H and O–H groups in total.